The summed E-state index contributed by atoms with van der Waals surface area (Å²) in [5, 5.41) is 2.62. The summed E-state index contributed by atoms with van der Waals surface area (Å²) in [5.41, 5.74) is 5.32. The van der Waals surface area contributed by atoms with E-state index < -0.39 is 0 Å². The summed E-state index contributed by atoms with van der Waals surface area (Å²) in [7, 11) is 1.36. The van der Waals surface area contributed by atoms with E-state index in [2.05, 4.69) is 10.1 Å². The van der Waals surface area contributed by atoms with Crippen LogP contribution >= 0.6 is 0 Å². The Balaban J connectivity index is 2.95. The molecule has 0 heterocycles. The Morgan fingerprint density at radius 2 is 2.00 bits per heavy atom. The van der Waals surface area contributed by atoms with Crippen LogP contribution in [-0.2, 0) is 4.74 Å². The highest BCUT2D eigenvalue weighted by Crippen LogP contribution is 1.96. The maximum Gasteiger partial charge on any atom is 0.406 e. The fraction of sp³-hybridized carbons (Fsp3) is 0.875. The number of alkyl carbamates (subject to hydrolysis) is 1. The van der Waals surface area contributed by atoms with E-state index in [0.29, 0.717) is 6.54 Å². The molecule has 0 aliphatic rings. The van der Waals surface area contributed by atoms with Crippen LogP contribution in [0.4, 0.5) is 4.79 Å². The van der Waals surface area contributed by atoms with Gasteiger partial charge in [0, 0.05) is 6.54 Å². The summed E-state index contributed by atoms with van der Waals surface area (Å²) < 4.78 is 4.41. The minimum Gasteiger partial charge on any atom is -0.453 e. The third-order valence-electron chi connectivity index (χ3n) is 1.59. The summed E-state index contributed by atoms with van der Waals surface area (Å²) in [5.74, 6) is 0. The van der Waals surface area contributed by atoms with E-state index >= 15 is 0 Å². The van der Waals surface area contributed by atoms with Gasteiger partial charge in [-0.15, -0.1) is 0 Å². The second-order valence-electron chi connectivity index (χ2n) is 2.62. The van der Waals surface area contributed by atoms with Gasteiger partial charge in [0.15, 0.2) is 0 Å². The molecule has 0 atom stereocenters. The summed E-state index contributed by atoms with van der Waals surface area (Å²) in [6.07, 6.45) is 3.96. The van der Waals surface area contributed by atoms with E-state index in [1.165, 1.54) is 7.11 Å². The molecule has 0 saturated heterocycles. The molecule has 72 valence electrons. The van der Waals surface area contributed by atoms with Crippen molar-refractivity contribution in [3.8, 4) is 0 Å². The normalized spacial score (nSPS) is 9.50. The van der Waals surface area contributed by atoms with Gasteiger partial charge in [-0.3, -0.25) is 0 Å². The minimum atomic E-state index is -0.353. The average molecular weight is 174 g/mol. The van der Waals surface area contributed by atoms with Crippen molar-refractivity contribution in [3.63, 3.8) is 0 Å². The van der Waals surface area contributed by atoms with Crippen LogP contribution in [0.3, 0.4) is 0 Å². The second-order valence-corrected chi connectivity index (χ2v) is 2.62. The van der Waals surface area contributed by atoms with Crippen molar-refractivity contribution in [2.45, 2.75) is 25.7 Å². The molecule has 0 radical (unpaired) electrons. The first-order chi connectivity index (χ1) is 5.81. The third-order valence-corrected chi connectivity index (χ3v) is 1.59. The largest absolute Gasteiger partial charge is 0.453 e. The zero-order valence-corrected chi connectivity index (χ0v) is 7.64. The standard InChI is InChI=1S/C8H18N2O2/c1-12-8(11)10-7-5-3-2-4-6-9/h2-7,9H2,1H3,(H,10,11). The highest BCUT2D eigenvalue weighted by atomic mass is 16.5. The first kappa shape index (κ1) is 11.2. The van der Waals surface area contributed by atoms with Crippen LogP contribution < -0.4 is 11.1 Å². The van der Waals surface area contributed by atoms with Gasteiger partial charge in [-0.1, -0.05) is 12.8 Å². The number of methoxy groups -OCH3 is 1. The van der Waals surface area contributed by atoms with Gasteiger partial charge in [-0.05, 0) is 19.4 Å². The molecule has 4 nitrogen and oxygen atoms in total. The number of hydrogen-bond donors (Lipinski definition) is 2. The van der Waals surface area contributed by atoms with Crippen molar-refractivity contribution in [2.24, 2.45) is 5.73 Å². The van der Waals surface area contributed by atoms with Gasteiger partial charge in [-0.25, -0.2) is 4.79 Å². The zero-order chi connectivity index (χ0) is 9.23. The molecule has 0 bridgehead atoms. The first-order valence-corrected chi connectivity index (χ1v) is 4.33. The van der Waals surface area contributed by atoms with Crippen LogP contribution in [0.25, 0.3) is 0 Å². The SMILES string of the molecule is COC(=O)NCCCCCCN. The van der Waals surface area contributed by atoms with Crippen LogP contribution in [0.1, 0.15) is 25.7 Å². The van der Waals surface area contributed by atoms with Crippen LogP contribution in [0.5, 0.6) is 0 Å². The van der Waals surface area contributed by atoms with Crippen molar-refractivity contribution >= 4 is 6.09 Å². The molecule has 0 unspecified atom stereocenters. The third kappa shape index (κ3) is 7.34. The van der Waals surface area contributed by atoms with Crippen LogP contribution in [0.15, 0.2) is 0 Å². The number of amides is 1. The predicted octanol–water partition coefficient (Wildman–Crippen LogP) is 0.861. The van der Waals surface area contributed by atoms with Crippen LogP contribution in [-0.4, -0.2) is 26.3 Å². The monoisotopic (exact) mass is 174 g/mol. The molecule has 0 rings (SSSR count). The van der Waals surface area contributed by atoms with Crippen molar-refractivity contribution in [1.29, 1.82) is 0 Å². The molecule has 0 aliphatic carbocycles. The van der Waals surface area contributed by atoms with Crippen LogP contribution in [0, 0.1) is 0 Å². The number of nitrogens with two attached hydrogens (primary N) is 1. The van der Waals surface area contributed by atoms with E-state index in [4.69, 9.17) is 5.73 Å². The molecule has 0 saturated carbocycles. The van der Waals surface area contributed by atoms with Gasteiger partial charge in [0.1, 0.15) is 0 Å². The highest BCUT2D eigenvalue weighted by Gasteiger charge is 1.95. The number of nitrogens with one attached hydrogen (secondary N) is 1. The predicted molar refractivity (Wildman–Crippen MR) is 47.9 cm³/mol. The number of carbonyl (C=O) groups excluding carboxylic acids is 1. The minimum absolute atomic E-state index is 0.353. The van der Waals surface area contributed by atoms with Gasteiger partial charge < -0.3 is 15.8 Å². The highest BCUT2D eigenvalue weighted by molar-refractivity contribution is 5.66. The Kier molecular flexibility index (Phi) is 7.79. The molecule has 12 heavy (non-hydrogen) atoms. The lowest BCUT2D eigenvalue weighted by Gasteiger charge is -2.02. The molecule has 0 spiro atoms. The number of unbranched alkanes of at least 4 members (excludes halogenated alkanes) is 3. The molecule has 0 aromatic rings. The maximum atomic E-state index is 10.5. The molecule has 0 aromatic carbocycles. The molecular formula is C8H18N2O2. The molecule has 0 aromatic heterocycles. The van der Waals surface area contributed by atoms with Crippen LogP contribution in [0.2, 0.25) is 0 Å². The molecule has 4 heteroatoms. The van der Waals surface area contributed by atoms with E-state index in [-0.39, 0.29) is 6.09 Å². The topological polar surface area (TPSA) is 64.3 Å². The first-order valence-electron chi connectivity index (χ1n) is 4.33. The zero-order valence-electron chi connectivity index (χ0n) is 7.64. The molecule has 1 amide bonds. The van der Waals surface area contributed by atoms with Gasteiger partial charge in [0.2, 0.25) is 0 Å². The summed E-state index contributed by atoms with van der Waals surface area (Å²) in [4.78, 5) is 10.5. The fourth-order valence-electron chi connectivity index (χ4n) is 0.886. The second kappa shape index (κ2) is 8.33. The molecular weight excluding hydrogens is 156 g/mol. The Labute approximate surface area is 73.5 Å². The van der Waals surface area contributed by atoms with Crippen molar-refractivity contribution in [1.82, 2.24) is 5.32 Å². The lowest BCUT2D eigenvalue weighted by molar-refractivity contribution is 0.171. The Hall–Kier alpha value is -0.770. The number of carbonyl (C=O) groups is 1. The summed E-state index contributed by atoms with van der Waals surface area (Å²) in [6, 6.07) is 0. The molecule has 0 aliphatic heterocycles. The smallest absolute Gasteiger partial charge is 0.406 e. The van der Waals surface area contributed by atoms with Gasteiger partial charge in [-0.2, -0.15) is 0 Å². The Morgan fingerprint density at radius 1 is 1.33 bits per heavy atom. The lowest BCUT2D eigenvalue weighted by atomic mass is 10.2. The van der Waals surface area contributed by atoms with E-state index in [1.54, 1.807) is 0 Å². The molecule has 0 fully saturated rings. The Bertz CT molecular complexity index is 118. The molecule has 3 N–H and O–H groups in total. The van der Waals surface area contributed by atoms with E-state index in [0.717, 1.165) is 32.2 Å². The van der Waals surface area contributed by atoms with Gasteiger partial charge in [0.25, 0.3) is 0 Å². The Morgan fingerprint density at radius 3 is 2.58 bits per heavy atom. The van der Waals surface area contributed by atoms with E-state index in [9.17, 15) is 4.79 Å². The summed E-state index contributed by atoms with van der Waals surface area (Å²) in [6.45, 7) is 1.45. The number of ether oxygens (including phenoxy) is 1. The number of hydrogen-bond acceptors (Lipinski definition) is 3. The van der Waals surface area contributed by atoms with Crippen molar-refractivity contribution < 1.29 is 9.53 Å². The quantitative estimate of drug-likeness (QED) is 0.587. The fourth-order valence-corrected chi connectivity index (χ4v) is 0.886. The van der Waals surface area contributed by atoms with Gasteiger partial charge in [0.05, 0.1) is 7.11 Å². The van der Waals surface area contributed by atoms with Gasteiger partial charge >= 0.3 is 6.09 Å². The van der Waals surface area contributed by atoms with Crippen molar-refractivity contribution in [3.05, 3.63) is 0 Å². The lowest BCUT2D eigenvalue weighted by Crippen LogP contribution is -2.23. The average Bonchev–Trinajstić information content (AvgIpc) is 2.10. The van der Waals surface area contributed by atoms with Crippen molar-refractivity contribution in [2.75, 3.05) is 20.2 Å². The summed E-state index contributed by atoms with van der Waals surface area (Å²) >= 11 is 0. The van der Waals surface area contributed by atoms with E-state index in [1.807, 2.05) is 0 Å². The maximum absolute atomic E-state index is 10.5. The number of rotatable bonds is 6.